The minimum absolute atomic E-state index is 0.527. The molecule has 4 nitrogen and oxygen atoms in total. The second kappa shape index (κ2) is 5.97. The van der Waals surface area contributed by atoms with E-state index in [1.807, 2.05) is 4.57 Å². The van der Waals surface area contributed by atoms with Crippen molar-refractivity contribution in [2.75, 3.05) is 0 Å². The minimum Gasteiger partial charge on any atom is -0.328 e. The van der Waals surface area contributed by atoms with Gasteiger partial charge < -0.3 is 4.57 Å². The monoisotopic (exact) mass is 402 g/mol. The molecule has 106 valence electrons. The van der Waals surface area contributed by atoms with E-state index in [0.717, 1.165) is 21.5 Å². The highest BCUT2D eigenvalue weighted by Crippen LogP contribution is 2.37. The number of aryl methyl sites for hydroxylation is 1. The molecule has 0 radical (unpaired) electrons. The van der Waals surface area contributed by atoms with Crippen molar-refractivity contribution in [3.05, 3.63) is 26.9 Å². The van der Waals surface area contributed by atoms with Crippen LogP contribution >= 0.6 is 34.2 Å². The van der Waals surface area contributed by atoms with Gasteiger partial charge in [-0.2, -0.15) is 0 Å². The highest BCUT2D eigenvalue weighted by atomic mass is 127. The lowest BCUT2D eigenvalue weighted by molar-refractivity contribution is 0.687. The molecule has 0 N–H and O–H groups in total. The quantitative estimate of drug-likeness (QED) is 0.569. The number of rotatable bonds is 3. The molecule has 20 heavy (non-hydrogen) atoms. The van der Waals surface area contributed by atoms with Gasteiger partial charge in [-0.05, 0) is 42.4 Å². The Hall–Kier alpha value is -0.690. The van der Waals surface area contributed by atoms with Crippen LogP contribution in [0.5, 0.6) is 0 Å². The van der Waals surface area contributed by atoms with Crippen molar-refractivity contribution in [1.29, 1.82) is 0 Å². The Morgan fingerprint density at radius 1 is 1.35 bits per heavy atom. The number of halogens is 2. The lowest BCUT2D eigenvalue weighted by Crippen LogP contribution is -2.06. The van der Waals surface area contributed by atoms with Gasteiger partial charge in [0.2, 0.25) is 0 Å². The maximum atomic E-state index is 6.32. The van der Waals surface area contributed by atoms with Gasteiger partial charge in [0.1, 0.15) is 10.8 Å². The van der Waals surface area contributed by atoms with Gasteiger partial charge in [0, 0.05) is 12.5 Å². The fourth-order valence-electron chi connectivity index (χ4n) is 2.78. The summed E-state index contributed by atoms with van der Waals surface area (Å²) in [6.07, 6.45) is 8.58. The van der Waals surface area contributed by atoms with Gasteiger partial charge in [0.25, 0.3) is 0 Å². The molecule has 1 saturated carbocycles. The molecule has 1 fully saturated rings. The number of nitrogens with zero attached hydrogens (tertiary/aromatic N) is 4. The predicted octanol–water partition coefficient (Wildman–Crippen LogP) is 4.28. The van der Waals surface area contributed by atoms with Gasteiger partial charge in [0.05, 0.1) is 21.8 Å². The highest BCUT2D eigenvalue weighted by molar-refractivity contribution is 14.1. The lowest BCUT2D eigenvalue weighted by Gasteiger charge is -2.13. The molecule has 2 aromatic heterocycles. The van der Waals surface area contributed by atoms with Crippen molar-refractivity contribution in [3.8, 4) is 11.5 Å². The van der Waals surface area contributed by atoms with E-state index in [1.54, 1.807) is 12.5 Å². The molecular weight excluding hydrogens is 387 g/mol. The Morgan fingerprint density at radius 2 is 2.10 bits per heavy atom. The summed E-state index contributed by atoms with van der Waals surface area (Å²) in [5.41, 5.74) is 2.05. The smallest absolute Gasteiger partial charge is 0.179 e. The van der Waals surface area contributed by atoms with Crippen molar-refractivity contribution in [1.82, 2.24) is 19.5 Å². The first-order valence-electron chi connectivity index (χ1n) is 6.94. The number of aromatic nitrogens is 4. The summed E-state index contributed by atoms with van der Waals surface area (Å²) in [5, 5.41) is 0.557. The largest absolute Gasteiger partial charge is 0.328 e. The highest BCUT2D eigenvalue weighted by Gasteiger charge is 2.24. The van der Waals surface area contributed by atoms with E-state index >= 15 is 0 Å². The Morgan fingerprint density at radius 3 is 2.80 bits per heavy atom. The molecule has 0 saturated heterocycles. The van der Waals surface area contributed by atoms with Crippen LogP contribution in [0, 0.1) is 3.57 Å². The van der Waals surface area contributed by atoms with Crippen LogP contribution in [0.15, 0.2) is 12.5 Å². The molecule has 2 aromatic rings. The molecule has 0 aromatic carbocycles. The van der Waals surface area contributed by atoms with Crippen molar-refractivity contribution in [2.45, 2.75) is 45.1 Å². The summed E-state index contributed by atoms with van der Waals surface area (Å²) in [5.74, 6) is 1.22. The fraction of sp³-hybridized carbons (Fsp3) is 0.500. The average molecular weight is 403 g/mol. The van der Waals surface area contributed by atoms with Crippen molar-refractivity contribution in [2.24, 2.45) is 0 Å². The molecule has 0 atom stereocenters. The van der Waals surface area contributed by atoms with Gasteiger partial charge >= 0.3 is 0 Å². The zero-order valence-corrected chi connectivity index (χ0v) is 14.2. The van der Waals surface area contributed by atoms with Gasteiger partial charge in [-0.15, -0.1) is 0 Å². The molecular formula is C14H16ClIN4. The molecule has 1 aliphatic carbocycles. The summed E-state index contributed by atoms with van der Waals surface area (Å²) in [6, 6.07) is 0. The zero-order chi connectivity index (χ0) is 14.1. The van der Waals surface area contributed by atoms with E-state index < -0.39 is 0 Å². The van der Waals surface area contributed by atoms with Crippen LogP contribution < -0.4 is 0 Å². The summed E-state index contributed by atoms with van der Waals surface area (Å²) >= 11 is 8.59. The first kappa shape index (κ1) is 14.3. The third-order valence-corrected chi connectivity index (χ3v) is 5.52. The average Bonchev–Trinajstić information content (AvgIpc) is 3.11. The number of hydrogen-bond acceptors (Lipinski definition) is 3. The molecule has 0 amide bonds. The van der Waals surface area contributed by atoms with E-state index in [1.165, 1.54) is 25.7 Å². The summed E-state index contributed by atoms with van der Waals surface area (Å²) < 4.78 is 3.04. The first-order valence-corrected chi connectivity index (χ1v) is 8.39. The Labute approximate surface area is 137 Å². The van der Waals surface area contributed by atoms with E-state index in [-0.39, 0.29) is 0 Å². The summed E-state index contributed by atoms with van der Waals surface area (Å²) in [7, 11) is 0. The normalized spacial score (nSPS) is 15.9. The summed E-state index contributed by atoms with van der Waals surface area (Å²) in [4.78, 5) is 13.4. The molecule has 0 aliphatic heterocycles. The van der Waals surface area contributed by atoms with Crippen molar-refractivity contribution in [3.63, 3.8) is 0 Å². The minimum atomic E-state index is 0.527. The Balaban J connectivity index is 2.08. The van der Waals surface area contributed by atoms with Gasteiger partial charge in [-0.1, -0.05) is 24.4 Å². The van der Waals surface area contributed by atoms with Crippen LogP contribution in [0.3, 0.4) is 0 Å². The van der Waals surface area contributed by atoms with Crippen LogP contribution in [0.2, 0.25) is 5.15 Å². The molecule has 3 rings (SSSR count). The second-order valence-corrected chi connectivity index (χ2v) is 6.52. The molecule has 6 heteroatoms. The van der Waals surface area contributed by atoms with Crippen molar-refractivity contribution < 1.29 is 0 Å². The Bertz CT molecular complexity index is 620. The fourth-order valence-corrected chi connectivity index (χ4v) is 3.64. The summed E-state index contributed by atoms with van der Waals surface area (Å²) in [6.45, 7) is 2.93. The van der Waals surface area contributed by atoms with Crippen LogP contribution in [-0.4, -0.2) is 19.5 Å². The van der Waals surface area contributed by atoms with E-state index in [2.05, 4.69) is 39.5 Å². The topological polar surface area (TPSA) is 43.6 Å². The van der Waals surface area contributed by atoms with Gasteiger partial charge in [0.15, 0.2) is 5.82 Å². The maximum absolute atomic E-state index is 6.32. The third-order valence-electron chi connectivity index (χ3n) is 3.86. The molecule has 0 unspecified atom stereocenters. The molecule has 1 aliphatic rings. The molecule has 0 spiro atoms. The second-order valence-electron chi connectivity index (χ2n) is 5.08. The zero-order valence-electron chi connectivity index (χ0n) is 11.3. The first-order chi connectivity index (χ1) is 9.70. The molecule has 2 heterocycles. The van der Waals surface area contributed by atoms with Gasteiger partial charge in [-0.25, -0.2) is 15.0 Å². The predicted molar refractivity (Wildman–Crippen MR) is 87.9 cm³/mol. The number of hydrogen-bond donors (Lipinski definition) is 0. The van der Waals surface area contributed by atoms with Crippen LogP contribution in [-0.2, 0) is 6.54 Å². The van der Waals surface area contributed by atoms with Crippen LogP contribution in [0.25, 0.3) is 11.5 Å². The third kappa shape index (κ3) is 2.57. The Kier molecular flexibility index (Phi) is 4.26. The lowest BCUT2D eigenvalue weighted by atomic mass is 10.0. The van der Waals surface area contributed by atoms with Crippen LogP contribution in [0.1, 0.15) is 44.2 Å². The standard InChI is InChI=1S/C14H16ClIN4/c1-2-20-8-17-7-10(20)14-18-12(9-5-3-4-6-9)11(16)13(15)19-14/h7-9H,2-6H2,1H3. The van der Waals surface area contributed by atoms with E-state index in [9.17, 15) is 0 Å². The van der Waals surface area contributed by atoms with Crippen LogP contribution in [0.4, 0.5) is 0 Å². The maximum Gasteiger partial charge on any atom is 0.179 e. The van der Waals surface area contributed by atoms with Crippen molar-refractivity contribution >= 4 is 34.2 Å². The molecule has 0 bridgehead atoms. The van der Waals surface area contributed by atoms with E-state index in [4.69, 9.17) is 16.6 Å². The van der Waals surface area contributed by atoms with Gasteiger partial charge in [-0.3, -0.25) is 0 Å². The SMILES string of the molecule is CCn1cncc1-c1nc(Cl)c(I)c(C2CCCC2)n1. The number of imidazole rings is 1. The van der Waals surface area contributed by atoms with E-state index in [0.29, 0.717) is 16.9 Å².